The molecule has 32 heavy (non-hydrogen) atoms. The fourth-order valence-corrected chi connectivity index (χ4v) is 3.56. The van der Waals surface area contributed by atoms with Crippen LogP contribution in [0, 0.1) is 13.8 Å². The maximum absolute atomic E-state index is 13.0. The summed E-state index contributed by atoms with van der Waals surface area (Å²) >= 11 is 0. The number of carbonyl (C=O) groups excluding carboxylic acids is 2. The molecule has 7 heteroatoms. The summed E-state index contributed by atoms with van der Waals surface area (Å²) in [4.78, 5) is 38.1. The van der Waals surface area contributed by atoms with Crippen LogP contribution in [-0.2, 0) is 6.54 Å². The molecule has 162 valence electrons. The second-order valence-corrected chi connectivity index (χ2v) is 7.72. The van der Waals surface area contributed by atoms with Crippen molar-refractivity contribution in [1.29, 1.82) is 0 Å². The van der Waals surface area contributed by atoms with E-state index >= 15 is 0 Å². The Kier molecular flexibility index (Phi) is 5.98. The Bertz CT molecular complexity index is 1370. The summed E-state index contributed by atoms with van der Waals surface area (Å²) in [6.45, 7) is 4.68. The summed E-state index contributed by atoms with van der Waals surface area (Å²) < 4.78 is 2.87. The zero-order valence-electron chi connectivity index (χ0n) is 18.0. The monoisotopic (exact) mass is 428 g/mol. The molecule has 1 amide bonds. The Balaban J connectivity index is 1.42. The molecule has 0 fully saturated rings. The number of fused-ring (bicyclic) bond motifs is 1. The van der Waals surface area contributed by atoms with Crippen molar-refractivity contribution in [2.45, 2.75) is 26.8 Å². The highest BCUT2D eigenvalue weighted by Crippen LogP contribution is 2.17. The molecule has 0 unspecified atom stereocenters. The molecular formula is C25H24N4O3. The number of ketones is 1. The summed E-state index contributed by atoms with van der Waals surface area (Å²) in [6.07, 6.45) is 2.20. The van der Waals surface area contributed by atoms with E-state index in [1.807, 2.05) is 32.0 Å². The average Bonchev–Trinajstić information content (AvgIpc) is 3.13. The van der Waals surface area contributed by atoms with Crippen molar-refractivity contribution in [2.24, 2.45) is 0 Å². The third-order valence-electron chi connectivity index (χ3n) is 5.51. The van der Waals surface area contributed by atoms with Gasteiger partial charge in [0.2, 0.25) is 0 Å². The van der Waals surface area contributed by atoms with Crippen LogP contribution in [0.3, 0.4) is 0 Å². The van der Waals surface area contributed by atoms with E-state index in [1.165, 1.54) is 9.08 Å². The van der Waals surface area contributed by atoms with Crippen LogP contribution in [0.4, 0.5) is 0 Å². The number of benzene rings is 2. The average molecular weight is 428 g/mol. The van der Waals surface area contributed by atoms with Crippen LogP contribution in [0.2, 0.25) is 0 Å². The van der Waals surface area contributed by atoms with Gasteiger partial charge in [-0.1, -0.05) is 36.4 Å². The van der Waals surface area contributed by atoms with E-state index < -0.39 is 0 Å². The van der Waals surface area contributed by atoms with Gasteiger partial charge in [-0.05, 0) is 55.7 Å². The van der Waals surface area contributed by atoms with Crippen molar-refractivity contribution in [3.05, 3.63) is 105 Å². The van der Waals surface area contributed by atoms with Gasteiger partial charge in [0.05, 0.1) is 5.56 Å². The quantitative estimate of drug-likeness (QED) is 0.362. The van der Waals surface area contributed by atoms with E-state index in [-0.39, 0.29) is 17.4 Å². The van der Waals surface area contributed by atoms with Gasteiger partial charge in [-0.25, -0.2) is 9.48 Å². The number of hydrogen-bond acceptors (Lipinski definition) is 4. The second kappa shape index (κ2) is 9.01. The molecule has 4 aromatic rings. The van der Waals surface area contributed by atoms with Crippen molar-refractivity contribution in [3.8, 4) is 0 Å². The predicted octanol–water partition coefficient (Wildman–Crippen LogP) is 3.16. The van der Waals surface area contributed by atoms with Gasteiger partial charge >= 0.3 is 5.69 Å². The number of hydrogen-bond donors (Lipinski definition) is 1. The molecule has 0 bridgehead atoms. The molecule has 0 radical (unpaired) electrons. The van der Waals surface area contributed by atoms with E-state index in [0.29, 0.717) is 41.8 Å². The zero-order valence-corrected chi connectivity index (χ0v) is 18.0. The maximum atomic E-state index is 13.0. The molecule has 2 aromatic carbocycles. The molecule has 0 saturated heterocycles. The smallest absolute Gasteiger partial charge is 0.350 e. The Morgan fingerprint density at radius 1 is 0.938 bits per heavy atom. The minimum atomic E-state index is -0.319. The first-order valence-corrected chi connectivity index (χ1v) is 10.5. The summed E-state index contributed by atoms with van der Waals surface area (Å²) in [5.41, 5.74) is 3.76. The molecule has 4 rings (SSSR count). The van der Waals surface area contributed by atoms with Gasteiger partial charge in [0.1, 0.15) is 0 Å². The van der Waals surface area contributed by atoms with Gasteiger partial charge in [0, 0.05) is 30.4 Å². The predicted molar refractivity (Wildman–Crippen MR) is 122 cm³/mol. The van der Waals surface area contributed by atoms with Crippen molar-refractivity contribution < 1.29 is 9.59 Å². The number of carbonyl (C=O) groups is 2. The van der Waals surface area contributed by atoms with E-state index in [2.05, 4.69) is 10.4 Å². The topological polar surface area (TPSA) is 85.5 Å². The number of amides is 1. The van der Waals surface area contributed by atoms with E-state index in [4.69, 9.17) is 0 Å². The minimum Gasteiger partial charge on any atom is -0.352 e. The SMILES string of the molecule is Cc1ccc(C(=O)c2ccccc2C(=O)NCCCn2nc3ccccn3c2=O)cc1C. The number of rotatable bonds is 7. The molecule has 0 aliphatic heterocycles. The fourth-order valence-electron chi connectivity index (χ4n) is 3.56. The standard InChI is InChI=1S/C25H24N4O3/c1-17-11-12-19(16-18(17)2)23(30)20-8-3-4-9-21(20)24(31)26-13-7-15-29-25(32)28-14-6-5-10-22(28)27-29/h3-6,8-12,14,16H,7,13,15H2,1-2H3,(H,26,31). The number of pyridine rings is 1. The van der Waals surface area contributed by atoms with Gasteiger partial charge < -0.3 is 5.32 Å². The summed E-state index contributed by atoms with van der Waals surface area (Å²) in [5, 5.41) is 7.13. The summed E-state index contributed by atoms with van der Waals surface area (Å²) in [5.74, 6) is -0.504. The first-order valence-electron chi connectivity index (χ1n) is 10.5. The van der Waals surface area contributed by atoms with Crippen molar-refractivity contribution in [2.75, 3.05) is 6.54 Å². The van der Waals surface area contributed by atoms with Crippen LogP contribution < -0.4 is 11.0 Å². The second-order valence-electron chi connectivity index (χ2n) is 7.72. The Morgan fingerprint density at radius 3 is 2.44 bits per heavy atom. The minimum absolute atomic E-state index is 0.185. The molecule has 0 atom stereocenters. The molecular weight excluding hydrogens is 404 g/mol. The van der Waals surface area contributed by atoms with Gasteiger partial charge in [0.15, 0.2) is 11.4 Å². The molecule has 2 heterocycles. The summed E-state index contributed by atoms with van der Waals surface area (Å²) in [7, 11) is 0. The first-order chi connectivity index (χ1) is 15.5. The maximum Gasteiger partial charge on any atom is 0.350 e. The number of nitrogens with one attached hydrogen (secondary N) is 1. The largest absolute Gasteiger partial charge is 0.352 e. The lowest BCUT2D eigenvalue weighted by atomic mass is 9.95. The third kappa shape index (κ3) is 4.23. The molecule has 0 saturated carbocycles. The van der Waals surface area contributed by atoms with Crippen molar-refractivity contribution in [1.82, 2.24) is 19.5 Å². The Morgan fingerprint density at radius 2 is 1.69 bits per heavy atom. The molecule has 1 N–H and O–H groups in total. The Labute approximate surface area is 185 Å². The number of aryl methyl sites for hydroxylation is 3. The molecule has 0 spiro atoms. The number of aromatic nitrogens is 3. The molecule has 0 aliphatic rings. The number of nitrogens with zero attached hydrogens (tertiary/aromatic N) is 3. The van der Waals surface area contributed by atoms with Gasteiger partial charge in [-0.3, -0.25) is 14.0 Å². The van der Waals surface area contributed by atoms with Crippen molar-refractivity contribution in [3.63, 3.8) is 0 Å². The lowest BCUT2D eigenvalue weighted by Crippen LogP contribution is -2.28. The lowest BCUT2D eigenvalue weighted by Gasteiger charge is -2.10. The van der Waals surface area contributed by atoms with Gasteiger partial charge in [-0.2, -0.15) is 0 Å². The van der Waals surface area contributed by atoms with Gasteiger partial charge in [0.25, 0.3) is 5.91 Å². The van der Waals surface area contributed by atoms with Crippen LogP contribution in [0.5, 0.6) is 0 Å². The van der Waals surface area contributed by atoms with Crippen LogP contribution in [0.1, 0.15) is 43.8 Å². The van der Waals surface area contributed by atoms with Gasteiger partial charge in [-0.15, -0.1) is 5.10 Å². The first kappa shape index (κ1) is 21.2. The van der Waals surface area contributed by atoms with E-state index in [1.54, 1.807) is 48.7 Å². The highest BCUT2D eigenvalue weighted by Gasteiger charge is 2.18. The molecule has 0 aliphatic carbocycles. The zero-order chi connectivity index (χ0) is 22.7. The Hall–Kier alpha value is -4.00. The van der Waals surface area contributed by atoms with Crippen LogP contribution in [0.15, 0.2) is 71.7 Å². The van der Waals surface area contributed by atoms with Crippen LogP contribution >= 0.6 is 0 Å². The highest BCUT2D eigenvalue weighted by molar-refractivity contribution is 6.15. The summed E-state index contributed by atoms with van der Waals surface area (Å²) in [6, 6.07) is 17.7. The van der Waals surface area contributed by atoms with Crippen LogP contribution in [0.25, 0.3) is 5.65 Å². The normalized spacial score (nSPS) is 10.9. The molecule has 2 aromatic heterocycles. The van der Waals surface area contributed by atoms with E-state index in [0.717, 1.165) is 11.1 Å². The lowest BCUT2D eigenvalue weighted by molar-refractivity contribution is 0.0941. The third-order valence-corrected chi connectivity index (χ3v) is 5.51. The molecule has 7 nitrogen and oxygen atoms in total. The van der Waals surface area contributed by atoms with Crippen LogP contribution in [-0.4, -0.2) is 32.4 Å². The fraction of sp³-hybridized carbons (Fsp3) is 0.200. The highest BCUT2D eigenvalue weighted by atomic mass is 16.2. The van der Waals surface area contributed by atoms with Crippen molar-refractivity contribution >= 4 is 17.3 Å². The van der Waals surface area contributed by atoms with E-state index in [9.17, 15) is 14.4 Å².